The van der Waals surface area contributed by atoms with Crippen LogP contribution in [0.3, 0.4) is 0 Å². The number of hydrogen-bond donors (Lipinski definition) is 2. The summed E-state index contributed by atoms with van der Waals surface area (Å²) in [7, 11) is 0. The van der Waals surface area contributed by atoms with Gasteiger partial charge in [0.1, 0.15) is 5.82 Å². The fraction of sp³-hybridized carbons (Fsp3) is 0.0909. The molecule has 1 aromatic heterocycles. The molecule has 1 amide bonds. The molecule has 5 nitrogen and oxygen atoms in total. The second kappa shape index (κ2) is 4.65. The van der Waals surface area contributed by atoms with Gasteiger partial charge in [0, 0.05) is 6.20 Å². The van der Waals surface area contributed by atoms with E-state index in [0.29, 0.717) is 12.2 Å². The van der Waals surface area contributed by atoms with E-state index in [0.717, 1.165) is 5.56 Å². The van der Waals surface area contributed by atoms with E-state index in [1.54, 1.807) is 23.0 Å². The van der Waals surface area contributed by atoms with Gasteiger partial charge in [-0.05, 0) is 17.7 Å². The van der Waals surface area contributed by atoms with Gasteiger partial charge < -0.3 is 5.11 Å². The van der Waals surface area contributed by atoms with Crippen molar-refractivity contribution in [3.05, 3.63) is 48.0 Å². The number of amides is 1. The first kappa shape index (κ1) is 11.1. The number of nitrogens with one attached hydrogen (secondary N) is 1. The molecule has 0 aliphatic heterocycles. The van der Waals surface area contributed by atoms with E-state index in [1.807, 2.05) is 0 Å². The quantitative estimate of drug-likeness (QED) is 0.856. The standard InChI is InChI=1S/C11H10FN3O2/c12-9-3-1-8(2-4-9)6-15-7-10(5-13-15)14-11(16)17/h1-5,7,14H,6H2,(H,16,17). The fourth-order valence-electron chi connectivity index (χ4n) is 1.41. The summed E-state index contributed by atoms with van der Waals surface area (Å²) in [6, 6.07) is 6.05. The van der Waals surface area contributed by atoms with Crippen LogP contribution in [0.4, 0.5) is 14.9 Å². The van der Waals surface area contributed by atoms with Gasteiger partial charge in [-0.3, -0.25) is 10.00 Å². The van der Waals surface area contributed by atoms with Crippen molar-refractivity contribution in [3.63, 3.8) is 0 Å². The Bertz CT molecular complexity index is 522. The van der Waals surface area contributed by atoms with Gasteiger partial charge in [0.15, 0.2) is 0 Å². The predicted molar refractivity (Wildman–Crippen MR) is 59.4 cm³/mol. The second-order valence-corrected chi connectivity index (χ2v) is 3.48. The molecular weight excluding hydrogens is 225 g/mol. The molecule has 0 radical (unpaired) electrons. The molecule has 0 unspecified atom stereocenters. The number of halogens is 1. The zero-order valence-electron chi connectivity index (χ0n) is 8.80. The average molecular weight is 235 g/mol. The molecule has 0 saturated carbocycles. The summed E-state index contributed by atoms with van der Waals surface area (Å²) in [5.74, 6) is -0.289. The van der Waals surface area contributed by atoms with Gasteiger partial charge in [-0.15, -0.1) is 0 Å². The van der Waals surface area contributed by atoms with Crippen molar-refractivity contribution in [2.45, 2.75) is 6.54 Å². The van der Waals surface area contributed by atoms with Gasteiger partial charge in [-0.2, -0.15) is 5.10 Å². The van der Waals surface area contributed by atoms with E-state index in [9.17, 15) is 9.18 Å². The molecule has 0 spiro atoms. The van der Waals surface area contributed by atoms with E-state index in [2.05, 4.69) is 10.4 Å². The number of carbonyl (C=O) groups is 1. The Kier molecular flexibility index (Phi) is 3.04. The number of hydrogen-bond acceptors (Lipinski definition) is 2. The molecule has 2 rings (SSSR count). The van der Waals surface area contributed by atoms with Crippen molar-refractivity contribution in [3.8, 4) is 0 Å². The number of anilines is 1. The number of carboxylic acid groups (broad SMARTS) is 1. The number of nitrogens with zero attached hydrogens (tertiary/aromatic N) is 2. The van der Waals surface area contributed by atoms with E-state index in [4.69, 9.17) is 5.11 Å². The van der Waals surface area contributed by atoms with Crippen LogP contribution in [0.1, 0.15) is 5.56 Å². The predicted octanol–water partition coefficient (Wildman–Crippen LogP) is 2.16. The molecule has 88 valence electrons. The Morgan fingerprint density at radius 1 is 1.41 bits per heavy atom. The Morgan fingerprint density at radius 3 is 2.76 bits per heavy atom. The molecule has 17 heavy (non-hydrogen) atoms. The first-order chi connectivity index (χ1) is 8.13. The summed E-state index contributed by atoms with van der Waals surface area (Å²) in [5, 5.41) is 14.7. The molecule has 0 aliphatic carbocycles. The third-order valence-electron chi connectivity index (χ3n) is 2.14. The van der Waals surface area contributed by atoms with Crippen LogP contribution in [-0.4, -0.2) is 21.0 Å². The van der Waals surface area contributed by atoms with E-state index in [1.165, 1.54) is 18.3 Å². The van der Waals surface area contributed by atoms with Crippen LogP contribution >= 0.6 is 0 Å². The highest BCUT2D eigenvalue weighted by molar-refractivity contribution is 5.82. The smallest absolute Gasteiger partial charge is 0.409 e. The maximum Gasteiger partial charge on any atom is 0.409 e. The highest BCUT2D eigenvalue weighted by atomic mass is 19.1. The van der Waals surface area contributed by atoms with E-state index >= 15 is 0 Å². The number of benzene rings is 1. The lowest BCUT2D eigenvalue weighted by molar-refractivity contribution is 0.210. The molecule has 1 heterocycles. The largest absolute Gasteiger partial charge is 0.465 e. The molecule has 0 atom stereocenters. The Balaban J connectivity index is 2.06. The van der Waals surface area contributed by atoms with Crippen molar-refractivity contribution in [2.75, 3.05) is 5.32 Å². The molecule has 0 bridgehead atoms. The van der Waals surface area contributed by atoms with Gasteiger partial charge in [-0.1, -0.05) is 12.1 Å². The van der Waals surface area contributed by atoms with Gasteiger partial charge in [0.2, 0.25) is 0 Å². The van der Waals surface area contributed by atoms with Crippen molar-refractivity contribution < 1.29 is 14.3 Å². The fourth-order valence-corrected chi connectivity index (χ4v) is 1.41. The van der Waals surface area contributed by atoms with Crippen molar-refractivity contribution in [1.82, 2.24) is 9.78 Å². The normalized spacial score (nSPS) is 10.2. The minimum atomic E-state index is -1.13. The highest BCUT2D eigenvalue weighted by Crippen LogP contribution is 2.08. The molecule has 0 fully saturated rings. The lowest BCUT2D eigenvalue weighted by Gasteiger charge is -2.01. The Labute approximate surface area is 96.5 Å². The van der Waals surface area contributed by atoms with Gasteiger partial charge >= 0.3 is 6.09 Å². The van der Waals surface area contributed by atoms with Gasteiger partial charge in [0.25, 0.3) is 0 Å². The molecule has 2 N–H and O–H groups in total. The van der Waals surface area contributed by atoms with E-state index < -0.39 is 6.09 Å². The lowest BCUT2D eigenvalue weighted by Crippen LogP contribution is -2.06. The van der Waals surface area contributed by atoms with Crippen LogP contribution in [0.5, 0.6) is 0 Å². The third-order valence-corrected chi connectivity index (χ3v) is 2.14. The first-order valence-electron chi connectivity index (χ1n) is 4.90. The van der Waals surface area contributed by atoms with Crippen molar-refractivity contribution in [1.29, 1.82) is 0 Å². The summed E-state index contributed by atoms with van der Waals surface area (Å²) in [6.45, 7) is 0.460. The molecular formula is C11H10FN3O2. The summed E-state index contributed by atoms with van der Waals surface area (Å²) in [6.07, 6.45) is 1.85. The van der Waals surface area contributed by atoms with Crippen molar-refractivity contribution >= 4 is 11.8 Å². The number of rotatable bonds is 3. The number of aromatic nitrogens is 2. The molecule has 6 heteroatoms. The van der Waals surface area contributed by atoms with Crippen molar-refractivity contribution in [2.24, 2.45) is 0 Å². The van der Waals surface area contributed by atoms with Crippen LogP contribution < -0.4 is 5.32 Å². The second-order valence-electron chi connectivity index (χ2n) is 3.48. The maximum atomic E-state index is 12.7. The minimum Gasteiger partial charge on any atom is -0.465 e. The lowest BCUT2D eigenvalue weighted by atomic mass is 10.2. The summed E-state index contributed by atoms with van der Waals surface area (Å²) < 4.78 is 14.2. The molecule has 0 saturated heterocycles. The monoisotopic (exact) mass is 235 g/mol. The first-order valence-corrected chi connectivity index (χ1v) is 4.90. The summed E-state index contributed by atoms with van der Waals surface area (Å²) in [5.41, 5.74) is 1.29. The zero-order valence-corrected chi connectivity index (χ0v) is 8.80. The highest BCUT2D eigenvalue weighted by Gasteiger charge is 2.02. The summed E-state index contributed by atoms with van der Waals surface area (Å²) in [4.78, 5) is 10.4. The topological polar surface area (TPSA) is 67.2 Å². The minimum absolute atomic E-state index is 0.289. The SMILES string of the molecule is O=C(O)Nc1cnn(Cc2ccc(F)cc2)c1. The van der Waals surface area contributed by atoms with E-state index in [-0.39, 0.29) is 5.82 Å². The molecule has 1 aromatic carbocycles. The zero-order chi connectivity index (χ0) is 12.3. The Hall–Kier alpha value is -2.37. The van der Waals surface area contributed by atoms with Gasteiger partial charge in [-0.25, -0.2) is 9.18 Å². The third kappa shape index (κ3) is 3.04. The average Bonchev–Trinajstić information content (AvgIpc) is 2.68. The molecule has 2 aromatic rings. The van der Waals surface area contributed by atoms with Crippen LogP contribution in [0.25, 0.3) is 0 Å². The van der Waals surface area contributed by atoms with Crippen LogP contribution in [0.15, 0.2) is 36.7 Å². The Morgan fingerprint density at radius 2 is 2.12 bits per heavy atom. The maximum absolute atomic E-state index is 12.7. The summed E-state index contributed by atoms with van der Waals surface area (Å²) >= 11 is 0. The van der Waals surface area contributed by atoms with Crippen LogP contribution in [0, 0.1) is 5.82 Å². The van der Waals surface area contributed by atoms with Crippen LogP contribution in [-0.2, 0) is 6.54 Å². The van der Waals surface area contributed by atoms with Crippen LogP contribution in [0.2, 0.25) is 0 Å². The molecule has 0 aliphatic rings. The van der Waals surface area contributed by atoms with Gasteiger partial charge in [0.05, 0.1) is 18.4 Å².